The average Bonchev–Trinajstić information content (AvgIpc) is 2.89. The second kappa shape index (κ2) is 6.53. The van der Waals surface area contributed by atoms with E-state index in [4.69, 9.17) is 4.42 Å². The molecule has 4 heteroatoms. The van der Waals surface area contributed by atoms with Gasteiger partial charge in [-0.1, -0.05) is 13.8 Å². The standard InChI is InChI=1S/C15H27N3O/c1-11(2)8-18(9-14-6-5-7-16-14)10-15-17-12(3)13(4)19-15/h11,14,16H,5-10H2,1-4H3. The molecule has 1 aromatic heterocycles. The number of aromatic nitrogens is 1. The fourth-order valence-electron chi connectivity index (χ4n) is 2.74. The first-order valence-corrected chi connectivity index (χ1v) is 7.43. The highest BCUT2D eigenvalue weighted by Gasteiger charge is 2.20. The summed E-state index contributed by atoms with van der Waals surface area (Å²) in [4.78, 5) is 6.97. The smallest absolute Gasteiger partial charge is 0.208 e. The van der Waals surface area contributed by atoms with E-state index in [2.05, 4.69) is 29.0 Å². The summed E-state index contributed by atoms with van der Waals surface area (Å²) in [5, 5.41) is 3.57. The molecular weight excluding hydrogens is 238 g/mol. The van der Waals surface area contributed by atoms with Gasteiger partial charge in [-0.3, -0.25) is 4.90 Å². The Balaban J connectivity index is 1.95. The molecule has 0 amide bonds. The fourth-order valence-corrected chi connectivity index (χ4v) is 2.74. The molecule has 1 N–H and O–H groups in total. The summed E-state index contributed by atoms with van der Waals surface area (Å²) in [5.41, 5.74) is 1.01. The minimum Gasteiger partial charge on any atom is -0.444 e. The van der Waals surface area contributed by atoms with Crippen LogP contribution >= 0.6 is 0 Å². The molecule has 0 bridgehead atoms. The Morgan fingerprint density at radius 2 is 2.21 bits per heavy atom. The number of nitrogens with one attached hydrogen (secondary N) is 1. The van der Waals surface area contributed by atoms with E-state index in [1.165, 1.54) is 12.8 Å². The molecule has 1 aliphatic heterocycles. The molecule has 1 aromatic rings. The van der Waals surface area contributed by atoms with E-state index in [0.29, 0.717) is 12.0 Å². The number of nitrogens with zero attached hydrogens (tertiary/aromatic N) is 2. The maximum absolute atomic E-state index is 5.72. The van der Waals surface area contributed by atoms with Crippen LogP contribution in [0.5, 0.6) is 0 Å². The summed E-state index contributed by atoms with van der Waals surface area (Å²) >= 11 is 0. The Labute approximate surface area is 116 Å². The number of hydrogen-bond acceptors (Lipinski definition) is 4. The van der Waals surface area contributed by atoms with Crippen LogP contribution in [0.25, 0.3) is 0 Å². The first kappa shape index (κ1) is 14.5. The summed E-state index contributed by atoms with van der Waals surface area (Å²) in [6, 6.07) is 0.635. The normalized spacial score (nSPS) is 19.8. The molecule has 1 saturated heterocycles. The lowest BCUT2D eigenvalue weighted by Gasteiger charge is -2.26. The summed E-state index contributed by atoms with van der Waals surface area (Å²) in [6.45, 7) is 12.7. The van der Waals surface area contributed by atoms with Gasteiger partial charge in [0.1, 0.15) is 5.76 Å². The van der Waals surface area contributed by atoms with E-state index in [0.717, 1.165) is 43.5 Å². The number of hydrogen-bond donors (Lipinski definition) is 1. The van der Waals surface area contributed by atoms with Gasteiger partial charge in [0, 0.05) is 19.1 Å². The van der Waals surface area contributed by atoms with E-state index in [1.54, 1.807) is 0 Å². The zero-order valence-electron chi connectivity index (χ0n) is 12.7. The maximum Gasteiger partial charge on any atom is 0.208 e. The van der Waals surface area contributed by atoms with E-state index >= 15 is 0 Å². The molecule has 19 heavy (non-hydrogen) atoms. The lowest BCUT2D eigenvalue weighted by Crippen LogP contribution is -2.39. The molecular formula is C15H27N3O. The Bertz CT molecular complexity index is 375. The van der Waals surface area contributed by atoms with Crippen LogP contribution < -0.4 is 5.32 Å². The van der Waals surface area contributed by atoms with E-state index in [1.807, 2.05) is 13.8 Å². The van der Waals surface area contributed by atoms with Crippen molar-refractivity contribution in [3.8, 4) is 0 Å². The van der Waals surface area contributed by atoms with Crippen molar-refractivity contribution in [1.29, 1.82) is 0 Å². The topological polar surface area (TPSA) is 41.3 Å². The van der Waals surface area contributed by atoms with Gasteiger partial charge in [-0.05, 0) is 39.2 Å². The third-order valence-corrected chi connectivity index (χ3v) is 3.70. The van der Waals surface area contributed by atoms with Crippen LogP contribution in [0.4, 0.5) is 0 Å². The van der Waals surface area contributed by atoms with E-state index in [9.17, 15) is 0 Å². The monoisotopic (exact) mass is 265 g/mol. The van der Waals surface area contributed by atoms with Gasteiger partial charge in [0.2, 0.25) is 5.89 Å². The highest BCUT2D eigenvalue weighted by atomic mass is 16.4. The molecule has 108 valence electrons. The van der Waals surface area contributed by atoms with Gasteiger partial charge in [-0.25, -0.2) is 4.98 Å². The van der Waals surface area contributed by atoms with Gasteiger partial charge in [-0.2, -0.15) is 0 Å². The molecule has 2 heterocycles. The molecule has 1 fully saturated rings. The lowest BCUT2D eigenvalue weighted by molar-refractivity contribution is 0.197. The third kappa shape index (κ3) is 4.32. The van der Waals surface area contributed by atoms with Crippen LogP contribution in [0.2, 0.25) is 0 Å². The first-order valence-electron chi connectivity index (χ1n) is 7.43. The molecule has 1 atom stereocenters. The van der Waals surface area contributed by atoms with Gasteiger partial charge in [-0.15, -0.1) is 0 Å². The van der Waals surface area contributed by atoms with Crippen molar-refractivity contribution in [2.24, 2.45) is 5.92 Å². The molecule has 2 rings (SSSR count). The second-order valence-corrected chi connectivity index (χ2v) is 6.13. The number of aryl methyl sites for hydroxylation is 2. The third-order valence-electron chi connectivity index (χ3n) is 3.70. The highest BCUT2D eigenvalue weighted by Crippen LogP contribution is 2.14. The Morgan fingerprint density at radius 1 is 1.42 bits per heavy atom. The van der Waals surface area contributed by atoms with E-state index < -0.39 is 0 Å². The minimum atomic E-state index is 0.635. The van der Waals surface area contributed by atoms with Crippen LogP contribution in [0.3, 0.4) is 0 Å². The molecule has 1 aliphatic rings. The zero-order chi connectivity index (χ0) is 13.8. The van der Waals surface area contributed by atoms with Gasteiger partial charge >= 0.3 is 0 Å². The fraction of sp³-hybridized carbons (Fsp3) is 0.800. The Hall–Kier alpha value is -0.870. The van der Waals surface area contributed by atoms with Crippen LogP contribution in [0.1, 0.15) is 44.0 Å². The maximum atomic E-state index is 5.72. The van der Waals surface area contributed by atoms with Crippen molar-refractivity contribution >= 4 is 0 Å². The minimum absolute atomic E-state index is 0.635. The molecule has 0 spiro atoms. The predicted molar refractivity (Wildman–Crippen MR) is 77.1 cm³/mol. The van der Waals surface area contributed by atoms with Crippen molar-refractivity contribution < 1.29 is 4.42 Å². The summed E-state index contributed by atoms with van der Waals surface area (Å²) < 4.78 is 5.72. The molecule has 0 saturated carbocycles. The highest BCUT2D eigenvalue weighted by molar-refractivity contribution is 5.05. The molecule has 1 unspecified atom stereocenters. The Kier molecular flexibility index (Phi) is 4.99. The summed E-state index contributed by atoms with van der Waals surface area (Å²) in [7, 11) is 0. The van der Waals surface area contributed by atoms with Crippen molar-refractivity contribution in [3.05, 3.63) is 17.3 Å². The van der Waals surface area contributed by atoms with Crippen LogP contribution in [-0.2, 0) is 6.54 Å². The molecule has 4 nitrogen and oxygen atoms in total. The number of rotatable bonds is 6. The van der Waals surface area contributed by atoms with Crippen molar-refractivity contribution in [2.45, 2.75) is 53.1 Å². The van der Waals surface area contributed by atoms with E-state index in [-0.39, 0.29) is 0 Å². The second-order valence-electron chi connectivity index (χ2n) is 6.13. The lowest BCUT2D eigenvalue weighted by atomic mass is 10.1. The Morgan fingerprint density at radius 3 is 2.74 bits per heavy atom. The zero-order valence-corrected chi connectivity index (χ0v) is 12.7. The molecule has 0 radical (unpaired) electrons. The average molecular weight is 265 g/mol. The van der Waals surface area contributed by atoms with Crippen LogP contribution in [-0.4, -0.2) is 35.6 Å². The largest absolute Gasteiger partial charge is 0.444 e. The van der Waals surface area contributed by atoms with Gasteiger partial charge < -0.3 is 9.73 Å². The van der Waals surface area contributed by atoms with Crippen LogP contribution in [0, 0.1) is 19.8 Å². The van der Waals surface area contributed by atoms with Crippen molar-refractivity contribution in [2.75, 3.05) is 19.6 Å². The van der Waals surface area contributed by atoms with Crippen molar-refractivity contribution in [1.82, 2.24) is 15.2 Å². The first-order chi connectivity index (χ1) is 9.04. The van der Waals surface area contributed by atoms with Gasteiger partial charge in [0.05, 0.1) is 12.2 Å². The molecule has 0 aromatic carbocycles. The summed E-state index contributed by atoms with van der Waals surface area (Å²) in [6.07, 6.45) is 2.59. The van der Waals surface area contributed by atoms with Gasteiger partial charge in [0.15, 0.2) is 0 Å². The summed E-state index contributed by atoms with van der Waals surface area (Å²) in [5.74, 6) is 2.46. The van der Waals surface area contributed by atoms with Gasteiger partial charge in [0.25, 0.3) is 0 Å². The van der Waals surface area contributed by atoms with Crippen molar-refractivity contribution in [3.63, 3.8) is 0 Å². The molecule has 0 aliphatic carbocycles. The number of oxazole rings is 1. The predicted octanol–water partition coefficient (Wildman–Crippen LogP) is 2.50. The SMILES string of the molecule is Cc1nc(CN(CC(C)C)CC2CCCN2)oc1C. The quantitative estimate of drug-likeness (QED) is 0.858. The van der Waals surface area contributed by atoms with Crippen LogP contribution in [0.15, 0.2) is 4.42 Å².